The average Bonchev–Trinajstić information content (AvgIpc) is 3.43. The summed E-state index contributed by atoms with van der Waals surface area (Å²) in [7, 11) is 0. The molecule has 0 radical (unpaired) electrons. The van der Waals surface area contributed by atoms with Gasteiger partial charge >= 0.3 is 0 Å². The minimum atomic E-state index is 0.142. The number of aromatic nitrogens is 1. The van der Waals surface area contributed by atoms with E-state index in [-0.39, 0.29) is 6.71 Å². The Labute approximate surface area is 194 Å². The normalized spacial score (nSPS) is 13.5. The van der Waals surface area contributed by atoms with Gasteiger partial charge in [0.15, 0.2) is 0 Å². The fourth-order valence-electron chi connectivity index (χ4n) is 6.34. The molecule has 0 aliphatic carbocycles. The Morgan fingerprint density at radius 1 is 0.618 bits per heavy atom. The topological polar surface area (TPSA) is 27.3 Å². The monoisotopic (exact) mass is 433 g/mol. The molecule has 3 nitrogen and oxygen atoms in total. The summed E-state index contributed by atoms with van der Waals surface area (Å²) >= 11 is 0. The number of fused-ring (bicyclic) bond motifs is 12. The molecule has 0 saturated carbocycles. The van der Waals surface area contributed by atoms with Crippen LogP contribution in [-0.2, 0) is 0 Å². The van der Waals surface area contributed by atoms with Gasteiger partial charge in [-0.3, -0.25) is 0 Å². The fraction of sp³-hybridized carbons (Fsp3) is 0. The van der Waals surface area contributed by atoms with Crippen molar-refractivity contribution in [2.45, 2.75) is 0 Å². The van der Waals surface area contributed by atoms with Crippen molar-refractivity contribution in [3.05, 3.63) is 97.1 Å². The SMILES string of the molecule is c1ccc2c(c1)Oc1ccc3c4c5oc6ccccc6c5ccc4n4c3c1B2c1ccccc1-4. The van der Waals surface area contributed by atoms with E-state index in [1.54, 1.807) is 0 Å². The van der Waals surface area contributed by atoms with Crippen LogP contribution in [0.4, 0.5) is 0 Å². The highest BCUT2D eigenvalue weighted by molar-refractivity contribution is 6.99. The van der Waals surface area contributed by atoms with Crippen molar-refractivity contribution in [2.75, 3.05) is 0 Å². The van der Waals surface area contributed by atoms with Gasteiger partial charge < -0.3 is 13.7 Å². The molecule has 0 unspecified atom stereocenters. The van der Waals surface area contributed by atoms with Crippen LogP contribution in [0.15, 0.2) is 101 Å². The molecule has 2 aliphatic rings. The van der Waals surface area contributed by atoms with Gasteiger partial charge in [-0.25, -0.2) is 0 Å². The number of hydrogen-bond acceptors (Lipinski definition) is 2. The molecule has 2 aromatic heterocycles. The molecule has 9 rings (SSSR count). The second-order valence-electron chi connectivity index (χ2n) is 9.28. The van der Waals surface area contributed by atoms with Crippen LogP contribution >= 0.6 is 0 Å². The van der Waals surface area contributed by atoms with Crippen LogP contribution in [-0.4, -0.2) is 11.3 Å². The molecule has 0 N–H and O–H groups in total. The third-order valence-electron chi connectivity index (χ3n) is 7.66. The van der Waals surface area contributed by atoms with Crippen molar-refractivity contribution < 1.29 is 9.15 Å². The number of hydrogen-bond donors (Lipinski definition) is 0. The molecule has 34 heavy (non-hydrogen) atoms. The van der Waals surface area contributed by atoms with Crippen molar-refractivity contribution >= 4 is 66.8 Å². The van der Waals surface area contributed by atoms with Crippen molar-refractivity contribution in [2.24, 2.45) is 0 Å². The molecule has 0 atom stereocenters. The van der Waals surface area contributed by atoms with E-state index in [9.17, 15) is 0 Å². The van der Waals surface area contributed by atoms with Crippen LogP contribution < -0.4 is 21.1 Å². The molecule has 2 aliphatic heterocycles. The summed E-state index contributed by atoms with van der Waals surface area (Å²) in [5, 5.41) is 4.69. The molecular weight excluding hydrogens is 417 g/mol. The lowest BCUT2D eigenvalue weighted by molar-refractivity contribution is 0.488. The highest BCUT2D eigenvalue weighted by Gasteiger charge is 2.40. The van der Waals surface area contributed by atoms with Gasteiger partial charge in [-0.1, -0.05) is 54.6 Å². The predicted octanol–water partition coefficient (Wildman–Crippen LogP) is 5.62. The molecular formula is C30H16BNO2. The summed E-state index contributed by atoms with van der Waals surface area (Å²) in [4.78, 5) is 0. The Morgan fingerprint density at radius 2 is 1.41 bits per heavy atom. The Bertz CT molecular complexity index is 2010. The largest absolute Gasteiger partial charge is 0.458 e. The van der Waals surface area contributed by atoms with Crippen molar-refractivity contribution in [1.82, 2.24) is 4.57 Å². The maximum Gasteiger partial charge on any atom is 0.256 e. The van der Waals surface area contributed by atoms with E-state index in [2.05, 4.69) is 89.5 Å². The van der Waals surface area contributed by atoms with Crippen LogP contribution in [0, 0.1) is 0 Å². The molecule has 4 heterocycles. The number of benzene rings is 5. The van der Waals surface area contributed by atoms with E-state index in [1.165, 1.54) is 43.9 Å². The first-order valence-corrected chi connectivity index (χ1v) is 11.7. The third-order valence-corrected chi connectivity index (χ3v) is 7.66. The highest BCUT2D eigenvalue weighted by atomic mass is 16.5. The molecule has 0 saturated heterocycles. The Hall–Kier alpha value is -4.44. The fourth-order valence-corrected chi connectivity index (χ4v) is 6.34. The van der Waals surface area contributed by atoms with E-state index < -0.39 is 0 Å². The molecule has 5 aromatic carbocycles. The lowest BCUT2D eigenvalue weighted by atomic mass is 9.34. The highest BCUT2D eigenvalue weighted by Crippen LogP contribution is 2.42. The number of rotatable bonds is 0. The van der Waals surface area contributed by atoms with Gasteiger partial charge in [0.1, 0.15) is 22.7 Å². The first-order chi connectivity index (χ1) is 16.9. The molecule has 0 bridgehead atoms. The maximum atomic E-state index is 6.49. The molecule has 4 heteroatoms. The minimum absolute atomic E-state index is 0.142. The number of nitrogens with zero attached hydrogens (tertiary/aromatic N) is 1. The van der Waals surface area contributed by atoms with Crippen LogP contribution in [0.25, 0.3) is 49.4 Å². The molecule has 0 spiro atoms. The van der Waals surface area contributed by atoms with E-state index in [4.69, 9.17) is 9.15 Å². The Morgan fingerprint density at radius 3 is 2.38 bits per heavy atom. The zero-order valence-electron chi connectivity index (χ0n) is 18.1. The summed E-state index contributed by atoms with van der Waals surface area (Å²) in [6.45, 7) is 0.142. The second-order valence-corrected chi connectivity index (χ2v) is 9.28. The van der Waals surface area contributed by atoms with Gasteiger partial charge in [0, 0.05) is 21.8 Å². The zero-order chi connectivity index (χ0) is 22.0. The standard InChI is InChI=1S/C30H16BNO2/c1-5-11-24-17(7-1)18-13-15-23-27(30(18)34-24)19-14-16-26-28-29(19)32(23)22-10-4-2-8-20(22)31(28)21-9-3-6-12-25(21)33-26/h1-16H. The zero-order valence-corrected chi connectivity index (χ0v) is 18.1. The minimum Gasteiger partial charge on any atom is -0.458 e. The second kappa shape index (κ2) is 5.73. The maximum absolute atomic E-state index is 6.49. The predicted molar refractivity (Wildman–Crippen MR) is 139 cm³/mol. The lowest BCUT2D eigenvalue weighted by Crippen LogP contribution is -2.58. The van der Waals surface area contributed by atoms with Crippen molar-refractivity contribution in [3.8, 4) is 17.2 Å². The number of furan rings is 1. The van der Waals surface area contributed by atoms with E-state index >= 15 is 0 Å². The average molecular weight is 433 g/mol. The van der Waals surface area contributed by atoms with Gasteiger partial charge in [-0.05, 0) is 58.9 Å². The first-order valence-electron chi connectivity index (χ1n) is 11.7. The quantitative estimate of drug-likeness (QED) is 0.291. The van der Waals surface area contributed by atoms with E-state index in [1.807, 2.05) is 12.1 Å². The van der Waals surface area contributed by atoms with Crippen LogP contribution in [0.1, 0.15) is 0 Å². The molecule has 156 valence electrons. The van der Waals surface area contributed by atoms with Gasteiger partial charge in [0.25, 0.3) is 6.71 Å². The van der Waals surface area contributed by atoms with Crippen molar-refractivity contribution in [3.63, 3.8) is 0 Å². The summed E-state index contributed by atoms with van der Waals surface area (Å²) in [5.41, 5.74) is 9.27. The van der Waals surface area contributed by atoms with Crippen molar-refractivity contribution in [1.29, 1.82) is 0 Å². The summed E-state index contributed by atoms with van der Waals surface area (Å²) < 4.78 is 15.4. The molecule has 7 aromatic rings. The van der Waals surface area contributed by atoms with Gasteiger partial charge in [0.2, 0.25) is 0 Å². The van der Waals surface area contributed by atoms with Crippen LogP contribution in [0.3, 0.4) is 0 Å². The van der Waals surface area contributed by atoms with Crippen LogP contribution in [0.5, 0.6) is 11.5 Å². The van der Waals surface area contributed by atoms with E-state index in [0.29, 0.717) is 0 Å². The first kappa shape index (κ1) is 17.1. The van der Waals surface area contributed by atoms with Gasteiger partial charge in [0.05, 0.1) is 16.4 Å². The van der Waals surface area contributed by atoms with Gasteiger partial charge in [-0.15, -0.1) is 0 Å². The Kier molecular flexibility index (Phi) is 2.88. The summed E-state index contributed by atoms with van der Waals surface area (Å²) in [5.74, 6) is 1.88. The third kappa shape index (κ3) is 1.85. The van der Waals surface area contributed by atoms with E-state index in [0.717, 1.165) is 33.4 Å². The molecule has 0 amide bonds. The summed E-state index contributed by atoms with van der Waals surface area (Å²) in [6, 6.07) is 34.3. The number of para-hydroxylation sites is 3. The number of ether oxygens (including phenoxy) is 1. The Balaban J connectivity index is 1.54. The smallest absolute Gasteiger partial charge is 0.256 e. The summed E-state index contributed by atoms with van der Waals surface area (Å²) in [6.07, 6.45) is 0. The molecule has 0 fully saturated rings. The lowest BCUT2D eigenvalue weighted by Gasteiger charge is -2.32. The van der Waals surface area contributed by atoms with Gasteiger partial charge in [-0.2, -0.15) is 0 Å². The van der Waals surface area contributed by atoms with Crippen LogP contribution in [0.2, 0.25) is 0 Å².